The number of carbonyl (C=O) groups excluding carboxylic acids is 3. The van der Waals surface area contributed by atoms with Gasteiger partial charge in [0.15, 0.2) is 6.10 Å². The summed E-state index contributed by atoms with van der Waals surface area (Å²) in [6.45, 7) is 6.49. The van der Waals surface area contributed by atoms with Gasteiger partial charge in [0.05, 0.1) is 0 Å². The van der Waals surface area contributed by atoms with Gasteiger partial charge in [0.25, 0.3) is 0 Å². The second-order valence-corrected chi connectivity index (χ2v) is 18.5. The van der Waals surface area contributed by atoms with Crippen molar-refractivity contribution in [2.75, 3.05) is 13.2 Å². The fourth-order valence-electron chi connectivity index (χ4n) is 7.76. The molecule has 0 saturated heterocycles. The molecule has 0 saturated carbocycles. The SMILES string of the molecule is CC/C=C\C/C=C\C/C=C\C/C=C\C/C=C\CCCCCC(=O)OC[C@@H](COC(=O)CCCCCCC/C=C\CCCCCC)OC(=O)CCCCCCCCCCCCCCCCCC. The predicted octanol–water partition coefficient (Wildman–Crippen LogP) is 18.6. The highest BCUT2D eigenvalue weighted by Gasteiger charge is 2.19. The molecular weight excluding hydrogens is 817 g/mol. The highest BCUT2D eigenvalue weighted by molar-refractivity contribution is 5.71. The first-order valence-electron chi connectivity index (χ1n) is 27.9. The molecule has 6 nitrogen and oxygen atoms in total. The fraction of sp³-hybridized carbons (Fsp3) is 0.750. The number of ether oxygens (including phenoxy) is 3. The highest BCUT2D eigenvalue weighted by atomic mass is 16.6. The smallest absolute Gasteiger partial charge is 0.306 e. The van der Waals surface area contributed by atoms with Gasteiger partial charge in [-0.25, -0.2) is 0 Å². The summed E-state index contributed by atoms with van der Waals surface area (Å²) in [5.41, 5.74) is 0. The van der Waals surface area contributed by atoms with Crippen molar-refractivity contribution in [2.45, 2.75) is 277 Å². The van der Waals surface area contributed by atoms with Crippen molar-refractivity contribution in [1.29, 1.82) is 0 Å². The zero-order chi connectivity index (χ0) is 47.9. The third-order valence-electron chi connectivity index (χ3n) is 11.9. The van der Waals surface area contributed by atoms with E-state index in [-0.39, 0.29) is 31.1 Å². The summed E-state index contributed by atoms with van der Waals surface area (Å²) in [6, 6.07) is 0. The molecule has 0 aliphatic rings. The Morgan fingerprint density at radius 2 is 0.591 bits per heavy atom. The Labute approximate surface area is 408 Å². The van der Waals surface area contributed by atoms with E-state index in [4.69, 9.17) is 14.2 Å². The van der Waals surface area contributed by atoms with E-state index < -0.39 is 6.10 Å². The molecule has 0 aliphatic heterocycles. The first-order valence-corrected chi connectivity index (χ1v) is 27.9. The molecule has 0 rings (SSSR count). The summed E-state index contributed by atoms with van der Waals surface area (Å²) in [4.78, 5) is 38.1. The summed E-state index contributed by atoms with van der Waals surface area (Å²) in [6.07, 6.45) is 68.9. The lowest BCUT2D eigenvalue weighted by Gasteiger charge is -2.18. The van der Waals surface area contributed by atoms with Crippen molar-refractivity contribution in [1.82, 2.24) is 0 Å². The van der Waals surface area contributed by atoms with Gasteiger partial charge in [0.2, 0.25) is 0 Å². The van der Waals surface area contributed by atoms with E-state index in [0.717, 1.165) is 103 Å². The van der Waals surface area contributed by atoms with Crippen LogP contribution in [0.5, 0.6) is 0 Å². The lowest BCUT2D eigenvalue weighted by Crippen LogP contribution is -2.30. The minimum Gasteiger partial charge on any atom is -0.462 e. The fourth-order valence-corrected chi connectivity index (χ4v) is 7.76. The van der Waals surface area contributed by atoms with Gasteiger partial charge >= 0.3 is 17.9 Å². The van der Waals surface area contributed by atoms with Crippen LogP contribution in [0.2, 0.25) is 0 Å². The molecule has 66 heavy (non-hydrogen) atoms. The Morgan fingerprint density at radius 1 is 0.318 bits per heavy atom. The Bertz CT molecular complexity index is 1240. The largest absolute Gasteiger partial charge is 0.462 e. The molecule has 1 atom stereocenters. The van der Waals surface area contributed by atoms with Crippen LogP contribution in [0.3, 0.4) is 0 Å². The average molecular weight is 921 g/mol. The van der Waals surface area contributed by atoms with Crippen LogP contribution in [0.25, 0.3) is 0 Å². The van der Waals surface area contributed by atoms with E-state index >= 15 is 0 Å². The Morgan fingerprint density at radius 3 is 0.970 bits per heavy atom. The van der Waals surface area contributed by atoms with Gasteiger partial charge in [0, 0.05) is 19.3 Å². The quantitative estimate of drug-likeness (QED) is 0.0262. The third-order valence-corrected chi connectivity index (χ3v) is 11.9. The molecule has 0 fully saturated rings. The van der Waals surface area contributed by atoms with Crippen molar-refractivity contribution >= 4 is 17.9 Å². The lowest BCUT2D eigenvalue weighted by molar-refractivity contribution is -0.167. The zero-order valence-electron chi connectivity index (χ0n) is 43.4. The van der Waals surface area contributed by atoms with Crippen LogP contribution in [0, 0.1) is 0 Å². The molecule has 0 N–H and O–H groups in total. The second kappa shape index (κ2) is 54.5. The van der Waals surface area contributed by atoms with Crippen LogP contribution in [0.4, 0.5) is 0 Å². The third kappa shape index (κ3) is 51.8. The topological polar surface area (TPSA) is 78.9 Å². The molecule has 6 heteroatoms. The summed E-state index contributed by atoms with van der Waals surface area (Å²) < 4.78 is 16.8. The Hall–Kier alpha value is -3.15. The molecule has 0 aromatic heterocycles. The van der Waals surface area contributed by atoms with Crippen LogP contribution in [-0.2, 0) is 28.6 Å². The van der Waals surface area contributed by atoms with Crippen molar-refractivity contribution in [3.05, 3.63) is 72.9 Å². The minimum atomic E-state index is -0.790. The van der Waals surface area contributed by atoms with Gasteiger partial charge in [-0.3, -0.25) is 14.4 Å². The number of allylic oxidation sites excluding steroid dienone is 12. The summed E-state index contributed by atoms with van der Waals surface area (Å²) in [7, 11) is 0. The molecular formula is C60H104O6. The molecule has 380 valence electrons. The summed E-state index contributed by atoms with van der Waals surface area (Å²) in [5, 5.41) is 0. The van der Waals surface area contributed by atoms with Crippen LogP contribution in [0.15, 0.2) is 72.9 Å². The van der Waals surface area contributed by atoms with E-state index in [0.29, 0.717) is 19.3 Å². The van der Waals surface area contributed by atoms with E-state index in [1.165, 1.54) is 128 Å². The van der Waals surface area contributed by atoms with Crippen molar-refractivity contribution in [3.8, 4) is 0 Å². The van der Waals surface area contributed by atoms with Gasteiger partial charge in [-0.2, -0.15) is 0 Å². The number of rotatable bonds is 50. The van der Waals surface area contributed by atoms with Gasteiger partial charge in [0.1, 0.15) is 13.2 Å². The number of unbranched alkanes of at least 4 members (excludes halogenated alkanes) is 27. The Kier molecular flexibility index (Phi) is 51.9. The number of carbonyl (C=O) groups is 3. The normalized spacial score (nSPS) is 12.6. The average Bonchev–Trinajstić information content (AvgIpc) is 3.31. The van der Waals surface area contributed by atoms with Crippen molar-refractivity contribution in [3.63, 3.8) is 0 Å². The molecule has 0 aromatic rings. The molecule has 0 aliphatic carbocycles. The maximum absolute atomic E-state index is 12.8. The zero-order valence-corrected chi connectivity index (χ0v) is 43.4. The molecule has 0 aromatic carbocycles. The maximum atomic E-state index is 12.8. The second-order valence-electron chi connectivity index (χ2n) is 18.5. The van der Waals surface area contributed by atoms with E-state index in [2.05, 4.69) is 93.7 Å². The monoisotopic (exact) mass is 921 g/mol. The highest BCUT2D eigenvalue weighted by Crippen LogP contribution is 2.16. The first kappa shape index (κ1) is 62.8. The molecule has 0 amide bonds. The van der Waals surface area contributed by atoms with Gasteiger partial charge in [-0.15, -0.1) is 0 Å². The van der Waals surface area contributed by atoms with Crippen LogP contribution in [-0.4, -0.2) is 37.2 Å². The van der Waals surface area contributed by atoms with E-state index in [1.807, 2.05) is 0 Å². The summed E-state index contributed by atoms with van der Waals surface area (Å²) >= 11 is 0. The first-order chi connectivity index (χ1) is 32.5. The van der Waals surface area contributed by atoms with Crippen LogP contribution < -0.4 is 0 Å². The molecule has 0 heterocycles. The Balaban J connectivity index is 4.43. The van der Waals surface area contributed by atoms with Crippen LogP contribution >= 0.6 is 0 Å². The number of esters is 3. The van der Waals surface area contributed by atoms with Crippen molar-refractivity contribution in [2.24, 2.45) is 0 Å². The number of hydrogen-bond donors (Lipinski definition) is 0. The summed E-state index contributed by atoms with van der Waals surface area (Å²) in [5.74, 6) is -0.921. The predicted molar refractivity (Wildman–Crippen MR) is 284 cm³/mol. The lowest BCUT2D eigenvalue weighted by atomic mass is 10.0. The van der Waals surface area contributed by atoms with Gasteiger partial charge in [-0.1, -0.05) is 235 Å². The standard InChI is InChI=1S/C60H104O6/c1-4-7-10-13-16-19-22-25-27-29-30-31-33-35-38-41-44-47-50-53-59(62)65-56-57(55-64-58(61)52-49-46-43-40-37-34-24-21-18-15-12-9-6-3)66-60(63)54-51-48-45-42-39-36-32-28-26-23-20-17-14-11-8-5-2/h7,10,16,19,21,24-25,27,30-31,35,38,57H,4-6,8-9,11-15,17-18,20,22-23,26,28-29,32-34,36-37,39-56H2,1-3H3/b10-7-,19-16-,24-21-,27-25-,31-30-,38-35-/t57-/m1/s1. The molecule has 0 radical (unpaired) electrons. The van der Waals surface area contributed by atoms with Crippen LogP contribution in [0.1, 0.15) is 271 Å². The van der Waals surface area contributed by atoms with E-state index in [1.54, 1.807) is 0 Å². The molecule has 0 spiro atoms. The van der Waals surface area contributed by atoms with Gasteiger partial charge in [-0.05, 0) is 89.9 Å². The van der Waals surface area contributed by atoms with Crippen molar-refractivity contribution < 1.29 is 28.6 Å². The molecule has 0 bridgehead atoms. The minimum absolute atomic E-state index is 0.0885. The molecule has 0 unspecified atom stereocenters. The number of hydrogen-bond acceptors (Lipinski definition) is 6. The van der Waals surface area contributed by atoms with Gasteiger partial charge < -0.3 is 14.2 Å². The van der Waals surface area contributed by atoms with E-state index in [9.17, 15) is 14.4 Å². The maximum Gasteiger partial charge on any atom is 0.306 e.